The third-order valence-electron chi connectivity index (χ3n) is 5.09. The average Bonchev–Trinajstić information content (AvgIpc) is 3.16. The molecule has 2 aromatic heterocycles. The molecule has 0 spiro atoms. The molecule has 4 rings (SSSR count). The van der Waals surface area contributed by atoms with Gasteiger partial charge in [-0.25, -0.2) is 14.8 Å². The average molecular weight is 431 g/mol. The van der Waals surface area contributed by atoms with E-state index in [4.69, 9.17) is 15.2 Å². The van der Waals surface area contributed by atoms with Crippen LogP contribution in [-0.2, 0) is 10.3 Å². The Bertz CT molecular complexity index is 1270. The number of aromatic nitrogens is 3. The van der Waals surface area contributed by atoms with Crippen LogP contribution < -0.4 is 10.5 Å². The first-order valence-corrected chi connectivity index (χ1v) is 10.5. The van der Waals surface area contributed by atoms with Gasteiger partial charge in [0.15, 0.2) is 0 Å². The largest absolute Gasteiger partial charge is 0.462 e. The van der Waals surface area contributed by atoms with Crippen molar-refractivity contribution in [1.29, 1.82) is 0 Å². The number of anilines is 1. The minimum absolute atomic E-state index is 0.252. The molecule has 0 aliphatic rings. The lowest BCUT2D eigenvalue weighted by Crippen LogP contribution is -2.21. The summed E-state index contributed by atoms with van der Waals surface area (Å²) >= 11 is 0. The fourth-order valence-electron chi connectivity index (χ4n) is 3.62. The Labute approximate surface area is 186 Å². The van der Waals surface area contributed by atoms with E-state index in [0.717, 1.165) is 5.56 Å². The van der Waals surface area contributed by atoms with Gasteiger partial charge in [0, 0.05) is 17.3 Å². The zero-order valence-electron chi connectivity index (χ0n) is 18.6. The maximum Gasteiger partial charge on any atom is 0.338 e. The second-order valence-corrected chi connectivity index (χ2v) is 8.38. The second-order valence-electron chi connectivity index (χ2n) is 8.38. The van der Waals surface area contributed by atoms with Crippen molar-refractivity contribution in [2.75, 3.05) is 12.3 Å². The van der Waals surface area contributed by atoms with E-state index in [2.05, 4.69) is 30.7 Å². The van der Waals surface area contributed by atoms with E-state index < -0.39 is 5.97 Å². The molecule has 2 aromatic carbocycles. The highest BCUT2D eigenvalue weighted by atomic mass is 16.5. The van der Waals surface area contributed by atoms with E-state index in [1.165, 1.54) is 6.33 Å². The zero-order chi connectivity index (χ0) is 22.9. The molecule has 0 atom stereocenters. The van der Waals surface area contributed by atoms with Crippen LogP contribution in [-0.4, -0.2) is 27.1 Å². The summed E-state index contributed by atoms with van der Waals surface area (Å²) < 4.78 is 13.3. The highest BCUT2D eigenvalue weighted by Gasteiger charge is 2.25. The molecular weight excluding hydrogens is 404 g/mol. The van der Waals surface area contributed by atoms with Crippen LogP contribution in [0.5, 0.6) is 11.5 Å². The molecule has 7 nitrogen and oxygen atoms in total. The number of nitrogens with two attached hydrogens (primary N) is 1. The summed E-state index contributed by atoms with van der Waals surface area (Å²) in [6.07, 6.45) is 3.41. The summed E-state index contributed by atoms with van der Waals surface area (Å²) in [5.74, 6) is 1.13. The lowest BCUT2D eigenvalue weighted by molar-refractivity contribution is 0.0527. The van der Waals surface area contributed by atoms with Crippen LogP contribution in [0.4, 0.5) is 5.82 Å². The molecule has 0 saturated heterocycles. The molecule has 0 aliphatic heterocycles. The number of nitrogens with zero attached hydrogens (tertiary/aromatic N) is 3. The predicted octanol–water partition coefficient (Wildman–Crippen LogP) is 5.40. The molecule has 0 aliphatic carbocycles. The van der Waals surface area contributed by atoms with E-state index >= 15 is 0 Å². The summed E-state index contributed by atoms with van der Waals surface area (Å²) in [6.45, 7) is 8.28. The number of rotatable bonds is 5. The van der Waals surface area contributed by atoms with Gasteiger partial charge in [-0.3, -0.25) is 0 Å². The highest BCUT2D eigenvalue weighted by molar-refractivity contribution is 6.06. The fraction of sp³-hybridized carbons (Fsp3) is 0.240. The van der Waals surface area contributed by atoms with Gasteiger partial charge in [-0.05, 0) is 63.6 Å². The topological polar surface area (TPSA) is 92.3 Å². The number of hydrogen-bond acceptors (Lipinski definition) is 6. The predicted molar refractivity (Wildman–Crippen MR) is 125 cm³/mol. The Balaban J connectivity index is 1.91. The van der Waals surface area contributed by atoms with Crippen LogP contribution in [0.2, 0.25) is 0 Å². The molecule has 2 heterocycles. The first kappa shape index (κ1) is 21.4. The van der Waals surface area contributed by atoms with E-state index in [1.54, 1.807) is 13.0 Å². The molecule has 0 bridgehead atoms. The Kier molecular flexibility index (Phi) is 5.57. The molecule has 0 amide bonds. The highest BCUT2D eigenvalue weighted by Crippen LogP contribution is 2.38. The summed E-state index contributed by atoms with van der Waals surface area (Å²) in [7, 11) is 0. The summed E-state index contributed by atoms with van der Waals surface area (Å²) in [6, 6.07) is 14.8. The normalized spacial score (nSPS) is 11.5. The number of para-hydroxylation sites is 1. The number of hydrogen-bond donors (Lipinski definition) is 1. The van der Waals surface area contributed by atoms with Crippen LogP contribution in [0.15, 0.2) is 61.1 Å². The standard InChI is InChI=1S/C25H26N4O3/c1-5-31-24(30)19-13-17(32-16-9-7-6-8-10-16)11-12-18(19)20-14-29(25(2,3)4)23-21(20)22(26)27-15-28-23/h6-15H,5H2,1-4H3,(H2,26,27,28). The van der Waals surface area contributed by atoms with Crippen molar-refractivity contribution in [3.63, 3.8) is 0 Å². The number of nitrogen functional groups attached to an aromatic ring is 1. The van der Waals surface area contributed by atoms with Crippen LogP contribution in [0.25, 0.3) is 22.2 Å². The molecule has 0 fully saturated rings. The Hall–Kier alpha value is -3.87. The van der Waals surface area contributed by atoms with E-state index in [0.29, 0.717) is 39.5 Å². The van der Waals surface area contributed by atoms with Crippen LogP contribution >= 0.6 is 0 Å². The molecule has 0 unspecified atom stereocenters. The zero-order valence-corrected chi connectivity index (χ0v) is 18.6. The van der Waals surface area contributed by atoms with Crippen molar-refractivity contribution < 1.29 is 14.3 Å². The number of carbonyl (C=O) groups excluding carboxylic acids is 1. The van der Waals surface area contributed by atoms with Gasteiger partial charge in [-0.2, -0.15) is 0 Å². The van der Waals surface area contributed by atoms with Crippen molar-refractivity contribution in [3.8, 4) is 22.6 Å². The third-order valence-corrected chi connectivity index (χ3v) is 5.09. The second kappa shape index (κ2) is 8.34. The lowest BCUT2D eigenvalue weighted by Gasteiger charge is -2.21. The quantitative estimate of drug-likeness (QED) is 0.426. The van der Waals surface area contributed by atoms with Gasteiger partial charge >= 0.3 is 5.97 Å². The molecule has 164 valence electrons. The van der Waals surface area contributed by atoms with Gasteiger partial charge in [0.25, 0.3) is 0 Å². The van der Waals surface area contributed by atoms with E-state index in [-0.39, 0.29) is 12.1 Å². The SMILES string of the molecule is CCOC(=O)c1cc(Oc2ccccc2)ccc1-c1cn(C(C)(C)C)c2ncnc(N)c12. The third kappa shape index (κ3) is 4.01. The first-order valence-electron chi connectivity index (χ1n) is 10.5. The number of esters is 1. The Morgan fingerprint density at radius 3 is 2.47 bits per heavy atom. The van der Waals surface area contributed by atoms with Gasteiger partial charge in [-0.1, -0.05) is 18.2 Å². The minimum atomic E-state index is -0.437. The molecule has 2 N–H and O–H groups in total. The monoisotopic (exact) mass is 430 g/mol. The smallest absolute Gasteiger partial charge is 0.338 e. The van der Waals surface area contributed by atoms with Gasteiger partial charge in [-0.15, -0.1) is 0 Å². The Morgan fingerprint density at radius 2 is 1.78 bits per heavy atom. The summed E-state index contributed by atoms with van der Waals surface area (Å²) in [5.41, 5.74) is 8.55. The van der Waals surface area contributed by atoms with Gasteiger partial charge in [0.2, 0.25) is 0 Å². The molecular formula is C25H26N4O3. The maximum absolute atomic E-state index is 12.9. The van der Waals surface area contributed by atoms with E-state index in [1.807, 2.05) is 53.2 Å². The van der Waals surface area contributed by atoms with Crippen molar-refractivity contribution in [2.24, 2.45) is 0 Å². The number of fused-ring (bicyclic) bond motifs is 1. The van der Waals surface area contributed by atoms with Crippen LogP contribution in [0.3, 0.4) is 0 Å². The maximum atomic E-state index is 12.9. The van der Waals surface area contributed by atoms with Gasteiger partial charge in [0.05, 0.1) is 17.6 Å². The van der Waals surface area contributed by atoms with Crippen molar-refractivity contribution in [2.45, 2.75) is 33.2 Å². The number of benzene rings is 2. The van der Waals surface area contributed by atoms with E-state index in [9.17, 15) is 4.79 Å². The van der Waals surface area contributed by atoms with Gasteiger partial charge < -0.3 is 19.8 Å². The Morgan fingerprint density at radius 1 is 1.03 bits per heavy atom. The van der Waals surface area contributed by atoms with Crippen LogP contribution in [0, 0.1) is 0 Å². The minimum Gasteiger partial charge on any atom is -0.462 e. The molecule has 7 heteroatoms. The molecule has 4 aromatic rings. The number of carbonyl (C=O) groups is 1. The van der Waals surface area contributed by atoms with Crippen molar-refractivity contribution >= 4 is 22.8 Å². The number of ether oxygens (including phenoxy) is 2. The fourth-order valence-corrected chi connectivity index (χ4v) is 3.62. The van der Waals surface area contributed by atoms with Crippen molar-refractivity contribution in [1.82, 2.24) is 14.5 Å². The first-order chi connectivity index (χ1) is 15.3. The molecule has 0 radical (unpaired) electrons. The lowest BCUT2D eigenvalue weighted by atomic mass is 9.99. The van der Waals surface area contributed by atoms with Crippen molar-refractivity contribution in [3.05, 3.63) is 66.6 Å². The molecule has 0 saturated carbocycles. The van der Waals surface area contributed by atoms with Crippen LogP contribution in [0.1, 0.15) is 38.1 Å². The molecule has 32 heavy (non-hydrogen) atoms. The summed E-state index contributed by atoms with van der Waals surface area (Å²) in [4.78, 5) is 21.6. The summed E-state index contributed by atoms with van der Waals surface area (Å²) in [5, 5.41) is 0.699. The van der Waals surface area contributed by atoms with Gasteiger partial charge in [0.1, 0.15) is 29.3 Å².